The van der Waals surface area contributed by atoms with Crippen molar-refractivity contribution in [2.24, 2.45) is 0 Å². The second-order valence-corrected chi connectivity index (χ2v) is 9.28. The van der Waals surface area contributed by atoms with Gasteiger partial charge < -0.3 is 14.6 Å². The van der Waals surface area contributed by atoms with E-state index in [2.05, 4.69) is 21.2 Å². The van der Waals surface area contributed by atoms with Crippen molar-refractivity contribution in [1.29, 1.82) is 0 Å². The number of hydrogen-bond donors (Lipinski definition) is 2. The molecule has 4 rings (SSSR count). The number of imide groups is 2. The number of carbonyl (C=O) groups excluding carboxylic acids is 3. The minimum absolute atomic E-state index is 0.136. The number of ether oxygens (including phenoxy) is 2. The SMILES string of the molecule is CCOc1cc(/C=C2\C(=O)NC(=O)N(c3cccc(Cl)c3)C2=O)cc(Br)c1OCc1ccc(C(=O)O)cc1. The van der Waals surface area contributed by atoms with Gasteiger partial charge in [-0.25, -0.2) is 14.5 Å². The summed E-state index contributed by atoms with van der Waals surface area (Å²) in [4.78, 5) is 50.1. The summed E-state index contributed by atoms with van der Waals surface area (Å²) in [5.74, 6) is -1.93. The molecule has 0 saturated carbocycles. The van der Waals surface area contributed by atoms with Crippen LogP contribution in [0, 0.1) is 0 Å². The van der Waals surface area contributed by atoms with Crippen LogP contribution in [0.2, 0.25) is 5.02 Å². The minimum Gasteiger partial charge on any atom is -0.490 e. The van der Waals surface area contributed by atoms with Crippen LogP contribution in [0.5, 0.6) is 11.5 Å². The minimum atomic E-state index is -1.02. The maximum atomic E-state index is 13.2. The predicted molar refractivity (Wildman–Crippen MR) is 143 cm³/mol. The Hall–Kier alpha value is -4.15. The number of hydrogen-bond acceptors (Lipinski definition) is 6. The Bertz CT molecular complexity index is 1470. The number of nitrogens with one attached hydrogen (secondary N) is 1. The predicted octanol–water partition coefficient (Wildman–Crippen LogP) is 5.44. The van der Waals surface area contributed by atoms with E-state index in [1.54, 1.807) is 43.3 Å². The van der Waals surface area contributed by atoms with Crippen molar-refractivity contribution in [1.82, 2.24) is 5.32 Å². The number of carboxylic acids is 1. The summed E-state index contributed by atoms with van der Waals surface area (Å²) in [5, 5.41) is 11.6. The van der Waals surface area contributed by atoms with E-state index in [0.29, 0.717) is 33.2 Å². The Morgan fingerprint density at radius 3 is 2.47 bits per heavy atom. The third kappa shape index (κ3) is 5.87. The molecule has 0 aliphatic carbocycles. The average Bonchev–Trinajstić information content (AvgIpc) is 2.86. The first-order valence-electron chi connectivity index (χ1n) is 11.3. The molecule has 0 spiro atoms. The lowest BCUT2D eigenvalue weighted by Crippen LogP contribution is -2.54. The summed E-state index contributed by atoms with van der Waals surface area (Å²) in [6.07, 6.45) is 1.35. The highest BCUT2D eigenvalue weighted by Gasteiger charge is 2.37. The van der Waals surface area contributed by atoms with E-state index in [4.69, 9.17) is 26.2 Å². The zero-order valence-electron chi connectivity index (χ0n) is 19.9. The van der Waals surface area contributed by atoms with E-state index in [-0.39, 0.29) is 23.4 Å². The molecule has 1 saturated heterocycles. The summed E-state index contributed by atoms with van der Waals surface area (Å²) in [7, 11) is 0. The van der Waals surface area contributed by atoms with Gasteiger partial charge in [0.1, 0.15) is 12.2 Å². The molecule has 0 atom stereocenters. The molecular weight excluding hydrogens is 580 g/mol. The van der Waals surface area contributed by atoms with Crippen LogP contribution >= 0.6 is 27.5 Å². The van der Waals surface area contributed by atoms with E-state index in [0.717, 1.165) is 10.5 Å². The molecule has 3 aromatic rings. The van der Waals surface area contributed by atoms with Gasteiger partial charge in [0.2, 0.25) is 0 Å². The van der Waals surface area contributed by atoms with Gasteiger partial charge >= 0.3 is 12.0 Å². The number of benzene rings is 3. The van der Waals surface area contributed by atoms with Crippen LogP contribution in [0.25, 0.3) is 6.08 Å². The maximum absolute atomic E-state index is 13.2. The lowest BCUT2D eigenvalue weighted by Gasteiger charge is -2.26. The monoisotopic (exact) mass is 598 g/mol. The molecule has 0 aromatic heterocycles. The lowest BCUT2D eigenvalue weighted by atomic mass is 10.1. The molecule has 0 bridgehead atoms. The molecule has 2 N–H and O–H groups in total. The van der Waals surface area contributed by atoms with Gasteiger partial charge in [0.05, 0.1) is 22.3 Å². The molecule has 0 unspecified atom stereocenters. The fourth-order valence-electron chi connectivity index (χ4n) is 3.65. The van der Waals surface area contributed by atoms with Crippen LogP contribution in [0.15, 0.2) is 70.7 Å². The van der Waals surface area contributed by atoms with Gasteiger partial charge in [0.15, 0.2) is 11.5 Å². The lowest BCUT2D eigenvalue weighted by molar-refractivity contribution is -0.122. The summed E-state index contributed by atoms with van der Waals surface area (Å²) >= 11 is 9.47. The quantitative estimate of drug-likeness (QED) is 0.261. The van der Waals surface area contributed by atoms with E-state index in [9.17, 15) is 19.2 Å². The highest BCUT2D eigenvalue weighted by atomic mass is 79.9. The van der Waals surface area contributed by atoms with E-state index in [1.165, 1.54) is 30.3 Å². The number of barbiturate groups is 1. The van der Waals surface area contributed by atoms with Gasteiger partial charge in [-0.2, -0.15) is 0 Å². The molecular formula is C27H20BrClN2O7. The number of anilines is 1. The zero-order valence-corrected chi connectivity index (χ0v) is 22.2. The Labute approximate surface area is 230 Å². The molecule has 3 aromatic carbocycles. The number of carbonyl (C=O) groups is 4. The number of urea groups is 1. The molecule has 0 radical (unpaired) electrons. The van der Waals surface area contributed by atoms with Gasteiger partial charge in [-0.15, -0.1) is 0 Å². The molecule has 4 amide bonds. The third-order valence-electron chi connectivity index (χ3n) is 5.39. The largest absolute Gasteiger partial charge is 0.490 e. The topological polar surface area (TPSA) is 122 Å². The Morgan fingerprint density at radius 2 is 1.82 bits per heavy atom. The number of amides is 4. The molecule has 1 aliphatic heterocycles. The van der Waals surface area contributed by atoms with Gasteiger partial charge in [-0.05, 0) is 82.5 Å². The molecule has 1 heterocycles. The Morgan fingerprint density at radius 1 is 1.08 bits per heavy atom. The van der Waals surface area contributed by atoms with Gasteiger partial charge in [0.25, 0.3) is 11.8 Å². The van der Waals surface area contributed by atoms with Crippen LogP contribution in [0.4, 0.5) is 10.5 Å². The van der Waals surface area contributed by atoms with E-state index < -0.39 is 23.8 Å². The van der Waals surface area contributed by atoms with E-state index >= 15 is 0 Å². The normalized spacial score (nSPS) is 14.4. The van der Waals surface area contributed by atoms with Crippen molar-refractivity contribution < 1.29 is 33.8 Å². The van der Waals surface area contributed by atoms with Crippen molar-refractivity contribution in [2.75, 3.05) is 11.5 Å². The van der Waals surface area contributed by atoms with Crippen molar-refractivity contribution in [3.63, 3.8) is 0 Å². The Balaban J connectivity index is 1.63. The average molecular weight is 600 g/mol. The van der Waals surface area contributed by atoms with Gasteiger partial charge in [-0.1, -0.05) is 29.8 Å². The van der Waals surface area contributed by atoms with Crippen LogP contribution < -0.4 is 19.7 Å². The van der Waals surface area contributed by atoms with Gasteiger partial charge in [0, 0.05) is 5.02 Å². The number of nitrogens with zero attached hydrogens (tertiary/aromatic N) is 1. The van der Waals surface area contributed by atoms with Crippen LogP contribution in [-0.4, -0.2) is 35.5 Å². The summed E-state index contributed by atoms with van der Waals surface area (Å²) in [6, 6.07) is 14.8. The number of carboxylic acid groups (broad SMARTS) is 1. The highest BCUT2D eigenvalue weighted by Crippen LogP contribution is 2.38. The number of aromatic carboxylic acids is 1. The molecule has 9 nitrogen and oxygen atoms in total. The fourth-order valence-corrected chi connectivity index (χ4v) is 4.41. The molecule has 11 heteroatoms. The maximum Gasteiger partial charge on any atom is 0.335 e. The van der Waals surface area contributed by atoms with Crippen LogP contribution in [-0.2, 0) is 16.2 Å². The summed E-state index contributed by atoms with van der Waals surface area (Å²) in [5.41, 5.74) is 1.31. The summed E-state index contributed by atoms with van der Waals surface area (Å²) in [6.45, 7) is 2.24. The third-order valence-corrected chi connectivity index (χ3v) is 6.22. The molecule has 1 fully saturated rings. The second kappa shape index (κ2) is 11.5. The van der Waals surface area contributed by atoms with Crippen LogP contribution in [0.3, 0.4) is 0 Å². The smallest absolute Gasteiger partial charge is 0.335 e. The van der Waals surface area contributed by atoms with Crippen molar-refractivity contribution in [3.05, 3.63) is 92.4 Å². The molecule has 1 aliphatic rings. The highest BCUT2D eigenvalue weighted by molar-refractivity contribution is 9.10. The second-order valence-electron chi connectivity index (χ2n) is 7.99. The molecule has 38 heavy (non-hydrogen) atoms. The van der Waals surface area contributed by atoms with Crippen molar-refractivity contribution in [3.8, 4) is 11.5 Å². The first-order valence-corrected chi connectivity index (χ1v) is 12.4. The summed E-state index contributed by atoms with van der Waals surface area (Å²) < 4.78 is 12.2. The first-order chi connectivity index (χ1) is 18.2. The first kappa shape index (κ1) is 26.9. The van der Waals surface area contributed by atoms with Gasteiger partial charge in [-0.3, -0.25) is 14.9 Å². The van der Waals surface area contributed by atoms with Crippen molar-refractivity contribution in [2.45, 2.75) is 13.5 Å². The van der Waals surface area contributed by atoms with Crippen molar-refractivity contribution >= 4 is 63.1 Å². The standard InChI is InChI=1S/C27H20BrClN2O7/c1-2-37-22-12-16(11-21(28)23(22)38-14-15-6-8-17(9-7-15)26(34)35)10-20-24(32)30-27(36)31(25(20)33)19-5-3-4-18(29)13-19/h3-13H,2,14H2,1H3,(H,34,35)(H,30,32,36)/b20-10+. The fraction of sp³-hybridized carbons (Fsp3) is 0.111. The number of halogens is 2. The Kier molecular flexibility index (Phi) is 8.13. The molecule has 194 valence electrons. The zero-order chi connectivity index (χ0) is 27.4. The number of rotatable bonds is 8. The van der Waals surface area contributed by atoms with Crippen LogP contribution in [0.1, 0.15) is 28.4 Å². The van der Waals surface area contributed by atoms with E-state index in [1.807, 2.05) is 0 Å².